The average Bonchev–Trinajstić information content (AvgIpc) is 2.79. The molecule has 0 bridgehead atoms. The molecule has 30 heavy (non-hydrogen) atoms. The Morgan fingerprint density at radius 1 is 1.17 bits per heavy atom. The minimum absolute atomic E-state index is 0.119. The van der Waals surface area contributed by atoms with E-state index in [4.69, 9.17) is 39.5 Å². The molecule has 0 aliphatic carbocycles. The summed E-state index contributed by atoms with van der Waals surface area (Å²) in [5, 5.41) is 2.59. The van der Waals surface area contributed by atoms with Crippen molar-refractivity contribution in [1.82, 2.24) is 5.32 Å². The fourth-order valence-corrected chi connectivity index (χ4v) is 4.93. The van der Waals surface area contributed by atoms with Gasteiger partial charge in [0.1, 0.15) is 11.4 Å². The third-order valence-corrected chi connectivity index (χ3v) is 6.85. The molecule has 1 fully saturated rings. The Morgan fingerprint density at radius 3 is 2.60 bits per heavy atom. The summed E-state index contributed by atoms with van der Waals surface area (Å²) in [6.45, 7) is 0.479. The van der Waals surface area contributed by atoms with E-state index in [9.17, 15) is 18.0 Å². The molecule has 0 aromatic heterocycles. The van der Waals surface area contributed by atoms with Crippen LogP contribution in [0.2, 0.25) is 15.1 Å². The van der Waals surface area contributed by atoms with E-state index in [1.165, 1.54) is 6.07 Å². The Labute approximate surface area is 193 Å². The zero-order valence-corrected chi connectivity index (χ0v) is 18.8. The smallest absolute Gasteiger partial charge is 0.455 e. The van der Waals surface area contributed by atoms with Gasteiger partial charge in [-0.15, -0.1) is 0 Å². The van der Waals surface area contributed by atoms with E-state index in [0.717, 1.165) is 0 Å². The van der Waals surface area contributed by atoms with Crippen LogP contribution in [0, 0.1) is 0 Å². The highest BCUT2D eigenvalue weighted by molar-refractivity contribution is 9.10. The number of fused-ring (bicyclic) bond motifs is 5. The van der Waals surface area contributed by atoms with Crippen molar-refractivity contribution in [3.05, 3.63) is 49.4 Å². The van der Waals surface area contributed by atoms with Crippen molar-refractivity contribution < 1.29 is 22.7 Å². The highest BCUT2D eigenvalue weighted by atomic mass is 79.9. The van der Waals surface area contributed by atoms with E-state index in [0.29, 0.717) is 46.6 Å². The van der Waals surface area contributed by atoms with Crippen molar-refractivity contribution in [3.63, 3.8) is 0 Å². The minimum Gasteiger partial charge on any atom is -0.455 e. The van der Waals surface area contributed by atoms with Crippen LogP contribution in [0.15, 0.2) is 28.7 Å². The van der Waals surface area contributed by atoms with Crippen LogP contribution in [0.25, 0.3) is 0 Å². The summed E-state index contributed by atoms with van der Waals surface area (Å²) in [5.74, 6) is -1.24. The van der Waals surface area contributed by atoms with Crippen molar-refractivity contribution in [3.8, 4) is 11.5 Å². The van der Waals surface area contributed by atoms with Gasteiger partial charge >= 0.3 is 12.1 Å². The van der Waals surface area contributed by atoms with Crippen molar-refractivity contribution in [1.29, 1.82) is 0 Å². The molecule has 1 amide bonds. The van der Waals surface area contributed by atoms with Crippen LogP contribution < -0.4 is 15.0 Å². The zero-order valence-electron chi connectivity index (χ0n) is 15.0. The molecule has 1 saturated heterocycles. The molecule has 160 valence electrons. The second-order valence-corrected chi connectivity index (χ2v) is 9.05. The summed E-state index contributed by atoms with van der Waals surface area (Å²) in [6, 6.07) is 5.26. The number of anilines is 1. The first kappa shape index (κ1) is 21.9. The van der Waals surface area contributed by atoms with Gasteiger partial charge in [-0.25, -0.2) is 0 Å². The standard InChI is InChI=1S/C19H13BrCl3F3N2O2/c20-8-3-4-9-12(6-8)30-13-7-10(21)14(22)15(23)17(13)28-5-1-2-11(16(9)28)27-18(29)19(24,25)26/h3-4,6-7,11,16H,1-2,5H2,(H,27,29)/t11-,16-/m0/s1. The molecule has 11 heteroatoms. The van der Waals surface area contributed by atoms with Crippen molar-refractivity contribution in [2.45, 2.75) is 31.1 Å². The number of carbonyl (C=O) groups is 1. The first-order valence-corrected chi connectivity index (χ1v) is 10.8. The van der Waals surface area contributed by atoms with E-state index < -0.39 is 24.2 Å². The quantitative estimate of drug-likeness (QED) is 0.397. The van der Waals surface area contributed by atoms with Crippen LogP contribution in [0.3, 0.4) is 0 Å². The topological polar surface area (TPSA) is 41.6 Å². The molecule has 2 aromatic rings. The third-order valence-electron chi connectivity index (χ3n) is 5.11. The predicted octanol–water partition coefficient (Wildman–Crippen LogP) is 6.90. The van der Waals surface area contributed by atoms with E-state index in [-0.39, 0.29) is 15.1 Å². The normalized spacial score (nSPS) is 20.4. The molecule has 1 N–H and O–H groups in total. The maximum Gasteiger partial charge on any atom is 0.471 e. The third kappa shape index (κ3) is 3.83. The number of rotatable bonds is 1. The highest BCUT2D eigenvalue weighted by Crippen LogP contribution is 2.53. The zero-order chi connectivity index (χ0) is 21.8. The molecular formula is C19H13BrCl3F3N2O2. The Bertz CT molecular complexity index is 1040. The van der Waals surface area contributed by atoms with Gasteiger partial charge in [0, 0.05) is 22.6 Å². The van der Waals surface area contributed by atoms with Crippen LogP contribution in [0.1, 0.15) is 24.4 Å². The summed E-state index contributed by atoms with van der Waals surface area (Å²) in [7, 11) is 0. The summed E-state index contributed by atoms with van der Waals surface area (Å²) in [5.41, 5.74) is 1.04. The SMILES string of the molecule is O=C(N[C@H]1CCCN2c3c(cc(Cl)c(Cl)c3Cl)Oc3cc(Br)ccc3[C@@H]12)C(F)(F)F. The molecule has 2 atom stereocenters. The number of hydrogen-bond acceptors (Lipinski definition) is 3. The molecule has 0 radical (unpaired) electrons. The van der Waals surface area contributed by atoms with Crippen LogP contribution in [0.5, 0.6) is 11.5 Å². The van der Waals surface area contributed by atoms with Gasteiger partial charge in [-0.05, 0) is 25.0 Å². The molecule has 2 aliphatic rings. The summed E-state index contributed by atoms with van der Waals surface area (Å²) in [6.07, 6.45) is -4.10. The maximum atomic E-state index is 12.9. The van der Waals surface area contributed by atoms with E-state index in [1.54, 1.807) is 18.2 Å². The van der Waals surface area contributed by atoms with Crippen LogP contribution in [0.4, 0.5) is 18.9 Å². The van der Waals surface area contributed by atoms with Gasteiger partial charge in [-0.2, -0.15) is 13.2 Å². The number of benzene rings is 2. The van der Waals surface area contributed by atoms with Gasteiger partial charge in [0.15, 0.2) is 5.75 Å². The second-order valence-electron chi connectivity index (χ2n) is 6.98. The second kappa shape index (κ2) is 7.97. The maximum absolute atomic E-state index is 12.9. The fraction of sp³-hybridized carbons (Fsp3) is 0.316. The van der Waals surface area contributed by atoms with Crippen molar-refractivity contribution in [2.75, 3.05) is 11.4 Å². The number of ether oxygens (including phenoxy) is 1. The number of halogens is 7. The molecule has 0 saturated carbocycles. The first-order valence-electron chi connectivity index (χ1n) is 8.87. The van der Waals surface area contributed by atoms with Gasteiger partial charge < -0.3 is 15.0 Å². The number of carbonyl (C=O) groups excluding carboxylic acids is 1. The lowest BCUT2D eigenvalue weighted by Gasteiger charge is -2.42. The average molecular weight is 545 g/mol. The van der Waals surface area contributed by atoms with Crippen LogP contribution >= 0.6 is 50.7 Å². The first-order chi connectivity index (χ1) is 14.1. The van der Waals surface area contributed by atoms with E-state index in [1.807, 2.05) is 4.90 Å². The summed E-state index contributed by atoms with van der Waals surface area (Å²) < 4.78 is 45.6. The fourth-order valence-electron chi connectivity index (χ4n) is 3.90. The minimum atomic E-state index is -4.99. The summed E-state index contributed by atoms with van der Waals surface area (Å²) >= 11 is 22.3. The number of nitrogens with one attached hydrogen (secondary N) is 1. The highest BCUT2D eigenvalue weighted by Gasteiger charge is 2.45. The number of amides is 1. The molecule has 0 spiro atoms. The van der Waals surface area contributed by atoms with Gasteiger partial charge in [-0.3, -0.25) is 4.79 Å². The lowest BCUT2D eigenvalue weighted by Crippen LogP contribution is -2.52. The number of piperidine rings is 1. The Balaban J connectivity index is 1.89. The molecule has 0 unspecified atom stereocenters. The van der Waals surface area contributed by atoms with Crippen molar-refractivity contribution in [2.24, 2.45) is 0 Å². The molecule has 2 aliphatic heterocycles. The van der Waals surface area contributed by atoms with Gasteiger partial charge in [0.25, 0.3) is 0 Å². The Hall–Kier alpha value is -1.35. The largest absolute Gasteiger partial charge is 0.471 e. The molecular weight excluding hydrogens is 531 g/mol. The Kier molecular flexibility index (Phi) is 5.81. The van der Waals surface area contributed by atoms with E-state index in [2.05, 4.69) is 21.2 Å². The molecule has 2 aromatic carbocycles. The predicted molar refractivity (Wildman–Crippen MR) is 113 cm³/mol. The lowest BCUT2D eigenvalue weighted by molar-refractivity contribution is -0.174. The van der Waals surface area contributed by atoms with Crippen LogP contribution in [-0.4, -0.2) is 24.7 Å². The lowest BCUT2D eigenvalue weighted by atomic mass is 9.89. The monoisotopic (exact) mass is 542 g/mol. The van der Waals surface area contributed by atoms with E-state index >= 15 is 0 Å². The van der Waals surface area contributed by atoms with Gasteiger partial charge in [0.05, 0.1) is 27.2 Å². The number of alkyl halides is 3. The summed E-state index contributed by atoms with van der Waals surface area (Å²) in [4.78, 5) is 13.5. The number of hydrogen-bond donors (Lipinski definition) is 1. The van der Waals surface area contributed by atoms with Gasteiger partial charge in [-0.1, -0.05) is 56.8 Å². The molecule has 4 rings (SSSR count). The molecule has 4 nitrogen and oxygen atoms in total. The number of nitrogens with zero attached hydrogens (tertiary/aromatic N) is 1. The van der Waals surface area contributed by atoms with Crippen LogP contribution in [-0.2, 0) is 4.79 Å². The van der Waals surface area contributed by atoms with Gasteiger partial charge in [0.2, 0.25) is 0 Å². The Morgan fingerprint density at radius 2 is 1.90 bits per heavy atom. The van der Waals surface area contributed by atoms with Crippen molar-refractivity contribution >= 4 is 62.3 Å². The molecule has 2 heterocycles.